The first kappa shape index (κ1) is 47.7. The van der Waals surface area contributed by atoms with E-state index in [0.29, 0.717) is 0 Å². The van der Waals surface area contributed by atoms with Gasteiger partial charge < -0.3 is 4.42 Å². The van der Waals surface area contributed by atoms with Crippen LogP contribution < -0.4 is 9.80 Å². The number of hydrogen-bond donors (Lipinski definition) is 0. The van der Waals surface area contributed by atoms with Crippen LogP contribution in [-0.2, 0) is 0 Å². The lowest BCUT2D eigenvalue weighted by atomic mass is 9.84. The molecule has 7 nitrogen and oxygen atoms in total. The summed E-state index contributed by atoms with van der Waals surface area (Å²) in [5.74, 6) is 1.50. The highest BCUT2D eigenvalue weighted by atomic mass is 32.1. The summed E-state index contributed by atoms with van der Waals surface area (Å²) in [4.78, 5) is 27.9. The number of aromatic nitrogens is 4. The molecule has 0 atom stereocenters. The molecule has 20 rings (SSSR count). The minimum Gasteiger partial charge on any atom is -0.455 e. The average molecular weight is 1140 g/mol. The number of nitrogens with zero attached hydrogens (tertiary/aromatic N) is 6. The number of furan rings is 1. The van der Waals surface area contributed by atoms with Gasteiger partial charge in [0.15, 0.2) is 11.6 Å². The highest BCUT2D eigenvalue weighted by Crippen LogP contribution is 2.59. The molecule has 0 aliphatic carbocycles. The minimum atomic E-state index is 0.717. The number of para-hydroxylation sites is 4. The molecule has 2 aliphatic heterocycles. The van der Waals surface area contributed by atoms with Crippen molar-refractivity contribution >= 4 is 153 Å². The summed E-state index contributed by atoms with van der Waals surface area (Å²) < 4.78 is 9.24. The molecule has 406 valence electrons. The summed E-state index contributed by atoms with van der Waals surface area (Å²) in [6.07, 6.45) is 0. The number of hydrogen-bond acceptors (Lipinski definition) is 8. The summed E-state index contributed by atoms with van der Waals surface area (Å²) in [7, 11) is 0. The van der Waals surface area contributed by atoms with Crippen LogP contribution in [0.3, 0.4) is 0 Å². The molecule has 0 radical (unpaired) electrons. The molecule has 0 saturated carbocycles. The van der Waals surface area contributed by atoms with E-state index in [-0.39, 0.29) is 0 Å². The maximum Gasteiger partial charge on any atom is 0.165 e. The molecule has 8 heteroatoms. The molecular weight excluding hydrogens is 1090 g/mol. The Morgan fingerprint density at radius 3 is 1.62 bits per heavy atom. The standard InChI is InChI=1S/C80H44N6OS/c1-3-21-51-45(16-1)36-41-55-54-25-11-18-47-19-12-31-65(70(47)54)85(76(51)55)79-74(58-27-15-35-69-72(58)57-24-6-10-34-68(57)88-69)82-64-44-49(39-43-63(64)84-79)50-40-38-48-20-13-32-66-71(48)73(50)59-42-37-46-17-2-4-22-52(46)77(59)86(66)80-75(81-61-29-7-8-30-62(61)83-80)60-28-14-26-56-53-23-5-9-33-67(53)87-78(56)60/h1-44H. The molecule has 2 aliphatic rings. The Labute approximate surface area is 506 Å². The van der Waals surface area contributed by atoms with E-state index < -0.39 is 0 Å². The molecular formula is C80H44N6OS. The van der Waals surface area contributed by atoms with Crippen LogP contribution in [0.15, 0.2) is 271 Å². The van der Waals surface area contributed by atoms with Crippen LogP contribution in [0.4, 0.5) is 34.4 Å². The van der Waals surface area contributed by atoms with Gasteiger partial charge in [0.25, 0.3) is 0 Å². The molecule has 18 aromatic rings. The summed E-state index contributed by atoms with van der Waals surface area (Å²) in [5, 5.41) is 13.6. The second kappa shape index (κ2) is 18.0. The summed E-state index contributed by atoms with van der Waals surface area (Å²) in [6.45, 7) is 0. The van der Waals surface area contributed by atoms with Crippen molar-refractivity contribution in [3.63, 3.8) is 0 Å². The van der Waals surface area contributed by atoms with E-state index >= 15 is 0 Å². The van der Waals surface area contributed by atoms with Gasteiger partial charge in [-0.1, -0.05) is 206 Å². The Balaban J connectivity index is 0.853. The van der Waals surface area contributed by atoms with Gasteiger partial charge in [-0.2, -0.15) is 0 Å². The van der Waals surface area contributed by atoms with Gasteiger partial charge in [-0.05, 0) is 98.9 Å². The van der Waals surface area contributed by atoms with Crippen LogP contribution >= 0.6 is 11.3 Å². The van der Waals surface area contributed by atoms with Crippen molar-refractivity contribution in [3.8, 4) is 55.9 Å². The van der Waals surface area contributed by atoms with Gasteiger partial charge in [-0.25, -0.2) is 19.9 Å². The van der Waals surface area contributed by atoms with Crippen molar-refractivity contribution in [1.29, 1.82) is 0 Å². The highest BCUT2D eigenvalue weighted by Gasteiger charge is 2.35. The second-order valence-electron chi connectivity index (χ2n) is 23.1. The quantitative estimate of drug-likeness (QED) is 0.170. The number of thiophene rings is 1. The smallest absolute Gasteiger partial charge is 0.165 e. The average Bonchev–Trinajstić information content (AvgIpc) is 0.874. The van der Waals surface area contributed by atoms with Crippen LogP contribution in [0, 0.1) is 0 Å². The molecule has 14 aromatic carbocycles. The van der Waals surface area contributed by atoms with E-state index in [1.54, 1.807) is 0 Å². The van der Waals surface area contributed by atoms with Gasteiger partial charge in [0.2, 0.25) is 0 Å². The van der Waals surface area contributed by atoms with Crippen molar-refractivity contribution in [2.45, 2.75) is 0 Å². The molecule has 4 aromatic heterocycles. The van der Waals surface area contributed by atoms with Gasteiger partial charge in [0.1, 0.15) is 22.6 Å². The second-order valence-corrected chi connectivity index (χ2v) is 24.2. The lowest BCUT2D eigenvalue weighted by Crippen LogP contribution is -2.19. The maximum absolute atomic E-state index is 6.80. The molecule has 0 N–H and O–H groups in total. The molecule has 0 spiro atoms. The van der Waals surface area contributed by atoms with Gasteiger partial charge in [-0.3, -0.25) is 9.80 Å². The van der Waals surface area contributed by atoms with Crippen molar-refractivity contribution in [2.24, 2.45) is 0 Å². The summed E-state index contributed by atoms with van der Waals surface area (Å²) in [6, 6.07) is 96.0. The lowest BCUT2D eigenvalue weighted by molar-refractivity contribution is 0.670. The third kappa shape index (κ3) is 6.66. The van der Waals surface area contributed by atoms with Crippen LogP contribution in [-0.4, -0.2) is 19.9 Å². The predicted molar refractivity (Wildman–Crippen MR) is 366 cm³/mol. The maximum atomic E-state index is 6.80. The number of rotatable bonds is 5. The molecule has 6 heterocycles. The molecule has 0 amide bonds. The van der Waals surface area contributed by atoms with E-state index in [2.05, 4.69) is 246 Å². The van der Waals surface area contributed by atoms with Crippen LogP contribution in [0.1, 0.15) is 0 Å². The van der Waals surface area contributed by atoms with E-state index in [1.165, 1.54) is 36.5 Å². The fourth-order valence-corrected chi connectivity index (χ4v) is 15.8. The molecule has 0 fully saturated rings. The van der Waals surface area contributed by atoms with Crippen molar-refractivity contribution in [2.75, 3.05) is 9.80 Å². The van der Waals surface area contributed by atoms with Crippen LogP contribution in [0.25, 0.3) is 163 Å². The van der Waals surface area contributed by atoms with E-state index in [0.717, 1.165) is 161 Å². The Morgan fingerprint density at radius 2 is 0.830 bits per heavy atom. The zero-order chi connectivity index (χ0) is 57.3. The monoisotopic (exact) mass is 1140 g/mol. The first-order valence-electron chi connectivity index (χ1n) is 29.8. The Bertz CT molecular complexity index is 6120. The number of fused-ring (bicyclic) bond motifs is 16. The fourth-order valence-electron chi connectivity index (χ4n) is 14.7. The third-order valence-electron chi connectivity index (χ3n) is 18.4. The predicted octanol–water partition coefficient (Wildman–Crippen LogP) is 22.4. The van der Waals surface area contributed by atoms with Gasteiger partial charge in [0.05, 0.1) is 44.8 Å². The van der Waals surface area contributed by atoms with Crippen molar-refractivity contribution in [3.05, 3.63) is 267 Å². The topological polar surface area (TPSA) is 71.2 Å². The first-order valence-corrected chi connectivity index (χ1v) is 30.6. The summed E-state index contributed by atoms with van der Waals surface area (Å²) >= 11 is 1.82. The molecule has 0 unspecified atom stereocenters. The van der Waals surface area contributed by atoms with Gasteiger partial charge >= 0.3 is 0 Å². The van der Waals surface area contributed by atoms with Crippen LogP contribution in [0.5, 0.6) is 0 Å². The largest absolute Gasteiger partial charge is 0.455 e. The Morgan fingerprint density at radius 1 is 0.307 bits per heavy atom. The van der Waals surface area contributed by atoms with E-state index in [9.17, 15) is 0 Å². The van der Waals surface area contributed by atoms with Crippen molar-refractivity contribution < 1.29 is 4.42 Å². The number of anilines is 6. The van der Waals surface area contributed by atoms with E-state index in [1.807, 2.05) is 41.7 Å². The SMILES string of the molecule is c1ccc2c3c(ccc2c1)-c1cccc2cccc(c12)N3c1nc2ccc(-c3ccc4cccc5c4c3-c3ccc4ccccc4c3N5c3nc4ccccc4nc3-c3cccc4c3oc3ccccc34)cc2nc1-c1cccc2sc3ccccc3c12. The highest BCUT2D eigenvalue weighted by molar-refractivity contribution is 7.26. The van der Waals surface area contributed by atoms with Crippen LogP contribution in [0.2, 0.25) is 0 Å². The van der Waals surface area contributed by atoms with E-state index in [4.69, 9.17) is 24.4 Å². The third-order valence-corrected chi connectivity index (χ3v) is 19.6. The van der Waals surface area contributed by atoms with Gasteiger partial charge in [0, 0.05) is 80.3 Å². The zero-order valence-electron chi connectivity index (χ0n) is 46.9. The normalized spacial score (nSPS) is 12.7. The summed E-state index contributed by atoms with van der Waals surface area (Å²) in [5.41, 5.74) is 19.2. The zero-order valence-corrected chi connectivity index (χ0v) is 47.7. The number of benzene rings is 14. The minimum absolute atomic E-state index is 0.717. The van der Waals surface area contributed by atoms with Gasteiger partial charge in [-0.15, -0.1) is 11.3 Å². The lowest BCUT2D eigenvalue weighted by Gasteiger charge is -2.35. The van der Waals surface area contributed by atoms with Crippen molar-refractivity contribution in [1.82, 2.24) is 19.9 Å². The fraction of sp³-hybridized carbons (Fsp3) is 0. The Kier molecular flexibility index (Phi) is 9.75. The molecule has 0 saturated heterocycles. The molecule has 88 heavy (non-hydrogen) atoms. The first-order chi connectivity index (χ1) is 43.6. The Hall–Kier alpha value is -11.6. The molecule has 0 bridgehead atoms.